The molecule has 3 heteroatoms. The Bertz CT molecular complexity index is 1780. The third kappa shape index (κ3) is 3.29. The van der Waals surface area contributed by atoms with E-state index >= 15 is 0 Å². The maximum atomic E-state index is 5.19. The number of aromatic nitrogens is 3. The van der Waals surface area contributed by atoms with E-state index in [4.69, 9.17) is 9.97 Å². The number of rotatable bonds is 3. The van der Waals surface area contributed by atoms with Gasteiger partial charge in [0.25, 0.3) is 0 Å². The minimum atomic E-state index is 0.891. The van der Waals surface area contributed by atoms with Crippen LogP contribution in [-0.2, 0) is 0 Å². The summed E-state index contributed by atoms with van der Waals surface area (Å²) in [6.07, 6.45) is 0. The number of para-hydroxylation sites is 3. The Morgan fingerprint density at radius 1 is 0.429 bits per heavy atom. The molecule has 0 saturated carbocycles. The van der Waals surface area contributed by atoms with Crippen molar-refractivity contribution < 1.29 is 0 Å². The fourth-order valence-electron chi connectivity index (χ4n) is 4.89. The SMILES string of the molecule is c1ccc(-c2cc(-c3ccccc3)cc(-c3nc4ccccc4c4nc5ccccc5n34)c2)cc1. The Labute approximate surface area is 203 Å². The maximum Gasteiger partial charge on any atom is 0.149 e. The molecule has 0 aliphatic rings. The summed E-state index contributed by atoms with van der Waals surface area (Å²) in [5.74, 6) is 0.891. The van der Waals surface area contributed by atoms with E-state index in [1.54, 1.807) is 0 Å². The number of imidazole rings is 1. The molecule has 0 fully saturated rings. The zero-order valence-electron chi connectivity index (χ0n) is 19.0. The standard InChI is InChI=1S/C32H21N3/c1-3-11-22(12-4-1)24-19-25(23-13-5-2-6-14-23)21-26(20-24)31-33-28-16-8-7-15-27(28)32-34-29-17-9-10-18-30(29)35(31)32/h1-21H. The van der Waals surface area contributed by atoms with Crippen LogP contribution in [0.1, 0.15) is 0 Å². The van der Waals surface area contributed by atoms with E-state index in [9.17, 15) is 0 Å². The molecule has 0 bridgehead atoms. The van der Waals surface area contributed by atoms with Crippen LogP contribution >= 0.6 is 0 Å². The molecule has 7 rings (SSSR count). The van der Waals surface area contributed by atoms with Crippen LogP contribution in [-0.4, -0.2) is 14.4 Å². The van der Waals surface area contributed by atoms with E-state index in [0.29, 0.717) is 0 Å². The van der Waals surface area contributed by atoms with Gasteiger partial charge in [0, 0.05) is 10.9 Å². The lowest BCUT2D eigenvalue weighted by atomic mass is 9.95. The van der Waals surface area contributed by atoms with Gasteiger partial charge < -0.3 is 0 Å². The van der Waals surface area contributed by atoms with Crippen molar-refractivity contribution in [2.45, 2.75) is 0 Å². The van der Waals surface area contributed by atoms with Crippen LogP contribution in [0.3, 0.4) is 0 Å². The van der Waals surface area contributed by atoms with E-state index in [1.165, 1.54) is 11.1 Å². The van der Waals surface area contributed by atoms with Crippen LogP contribution in [0.2, 0.25) is 0 Å². The second-order valence-corrected chi connectivity index (χ2v) is 8.74. The number of benzene rings is 5. The van der Waals surface area contributed by atoms with E-state index in [0.717, 1.165) is 50.1 Å². The topological polar surface area (TPSA) is 30.2 Å². The monoisotopic (exact) mass is 447 g/mol. The molecule has 0 amide bonds. The highest BCUT2D eigenvalue weighted by atomic mass is 15.1. The normalized spacial score (nSPS) is 11.4. The molecule has 5 aromatic carbocycles. The molecule has 7 aromatic rings. The average Bonchev–Trinajstić information content (AvgIpc) is 3.33. The molecular formula is C32H21N3. The number of hydrogen-bond acceptors (Lipinski definition) is 2. The highest BCUT2D eigenvalue weighted by molar-refractivity contribution is 5.98. The summed E-state index contributed by atoms with van der Waals surface area (Å²) in [6, 6.07) is 44.3. The van der Waals surface area contributed by atoms with Crippen LogP contribution < -0.4 is 0 Å². The fraction of sp³-hybridized carbons (Fsp3) is 0. The van der Waals surface area contributed by atoms with Crippen LogP contribution in [0.5, 0.6) is 0 Å². The molecular weight excluding hydrogens is 426 g/mol. The van der Waals surface area contributed by atoms with E-state index in [1.807, 2.05) is 18.2 Å². The van der Waals surface area contributed by atoms with Gasteiger partial charge in [-0.1, -0.05) is 84.9 Å². The van der Waals surface area contributed by atoms with Gasteiger partial charge in [0.15, 0.2) is 0 Å². The summed E-state index contributed by atoms with van der Waals surface area (Å²) in [4.78, 5) is 10.2. The summed E-state index contributed by atoms with van der Waals surface area (Å²) < 4.78 is 2.20. The predicted molar refractivity (Wildman–Crippen MR) is 144 cm³/mol. The summed E-state index contributed by atoms with van der Waals surface area (Å²) >= 11 is 0. The molecule has 0 saturated heterocycles. The molecule has 3 nitrogen and oxygen atoms in total. The molecule has 2 aromatic heterocycles. The first-order valence-electron chi connectivity index (χ1n) is 11.8. The average molecular weight is 448 g/mol. The maximum absolute atomic E-state index is 5.19. The first-order chi connectivity index (χ1) is 17.3. The quantitative estimate of drug-likeness (QED) is 0.274. The van der Waals surface area contributed by atoms with Crippen LogP contribution in [0.25, 0.3) is 61.2 Å². The zero-order valence-corrected chi connectivity index (χ0v) is 19.0. The molecule has 35 heavy (non-hydrogen) atoms. The lowest BCUT2D eigenvalue weighted by molar-refractivity contribution is 1.16. The number of fused-ring (bicyclic) bond motifs is 5. The second kappa shape index (κ2) is 7.93. The molecule has 0 aliphatic carbocycles. The molecule has 0 unspecified atom stereocenters. The van der Waals surface area contributed by atoms with Crippen molar-refractivity contribution in [2.75, 3.05) is 0 Å². The first-order valence-corrected chi connectivity index (χ1v) is 11.8. The summed E-state index contributed by atoms with van der Waals surface area (Å²) in [5, 5.41) is 1.05. The van der Waals surface area contributed by atoms with E-state index < -0.39 is 0 Å². The van der Waals surface area contributed by atoms with Gasteiger partial charge in [0.05, 0.1) is 16.6 Å². The zero-order chi connectivity index (χ0) is 23.2. The predicted octanol–water partition coefficient (Wildman–Crippen LogP) is 8.04. The Balaban J connectivity index is 1.60. The molecule has 2 heterocycles. The first kappa shape index (κ1) is 19.7. The minimum absolute atomic E-state index is 0.891. The van der Waals surface area contributed by atoms with Gasteiger partial charge in [0.2, 0.25) is 0 Å². The molecule has 0 N–H and O–H groups in total. The summed E-state index contributed by atoms with van der Waals surface area (Å²) in [7, 11) is 0. The van der Waals surface area contributed by atoms with Crippen LogP contribution in [0.15, 0.2) is 127 Å². The van der Waals surface area contributed by atoms with Crippen molar-refractivity contribution in [3.63, 3.8) is 0 Å². The number of nitrogens with zero attached hydrogens (tertiary/aromatic N) is 3. The van der Waals surface area contributed by atoms with Crippen molar-refractivity contribution in [1.29, 1.82) is 0 Å². The number of hydrogen-bond donors (Lipinski definition) is 0. The molecule has 164 valence electrons. The van der Waals surface area contributed by atoms with Gasteiger partial charge >= 0.3 is 0 Å². The minimum Gasteiger partial charge on any atom is -0.276 e. The van der Waals surface area contributed by atoms with Gasteiger partial charge in [-0.15, -0.1) is 0 Å². The summed E-state index contributed by atoms with van der Waals surface area (Å²) in [5.41, 5.74) is 9.64. The highest BCUT2D eigenvalue weighted by Gasteiger charge is 2.16. The molecule has 0 atom stereocenters. The van der Waals surface area contributed by atoms with Crippen LogP contribution in [0.4, 0.5) is 0 Å². The van der Waals surface area contributed by atoms with Gasteiger partial charge in [-0.2, -0.15) is 0 Å². The largest absolute Gasteiger partial charge is 0.276 e. The lowest BCUT2D eigenvalue weighted by Crippen LogP contribution is -1.98. The smallest absolute Gasteiger partial charge is 0.149 e. The van der Waals surface area contributed by atoms with Gasteiger partial charge in [-0.05, 0) is 64.7 Å². The molecule has 0 aliphatic heterocycles. The van der Waals surface area contributed by atoms with Crippen molar-refractivity contribution >= 4 is 27.6 Å². The van der Waals surface area contributed by atoms with Crippen LogP contribution in [0, 0.1) is 0 Å². The van der Waals surface area contributed by atoms with Crippen molar-refractivity contribution in [3.05, 3.63) is 127 Å². The van der Waals surface area contributed by atoms with E-state index in [2.05, 4.69) is 114 Å². The third-order valence-corrected chi connectivity index (χ3v) is 6.55. The van der Waals surface area contributed by atoms with Crippen molar-refractivity contribution in [3.8, 4) is 33.6 Å². The van der Waals surface area contributed by atoms with Gasteiger partial charge in [-0.25, -0.2) is 9.97 Å². The summed E-state index contributed by atoms with van der Waals surface area (Å²) in [6.45, 7) is 0. The second-order valence-electron chi connectivity index (χ2n) is 8.74. The van der Waals surface area contributed by atoms with Crippen molar-refractivity contribution in [1.82, 2.24) is 14.4 Å². The highest BCUT2D eigenvalue weighted by Crippen LogP contribution is 2.35. The Morgan fingerprint density at radius 2 is 0.971 bits per heavy atom. The Kier molecular flexibility index (Phi) is 4.46. The van der Waals surface area contributed by atoms with Gasteiger partial charge in [-0.3, -0.25) is 4.40 Å². The molecule has 0 spiro atoms. The molecule has 0 radical (unpaired) electrons. The fourth-order valence-corrected chi connectivity index (χ4v) is 4.89. The van der Waals surface area contributed by atoms with Gasteiger partial charge in [0.1, 0.15) is 11.5 Å². The lowest BCUT2D eigenvalue weighted by Gasteiger charge is -2.13. The van der Waals surface area contributed by atoms with E-state index in [-0.39, 0.29) is 0 Å². The Morgan fingerprint density at radius 3 is 1.66 bits per heavy atom. The third-order valence-electron chi connectivity index (χ3n) is 6.55. The van der Waals surface area contributed by atoms with Crippen molar-refractivity contribution in [2.24, 2.45) is 0 Å². The Hall–Kier alpha value is -4.76.